The van der Waals surface area contributed by atoms with Gasteiger partial charge in [-0.05, 0) is 75.0 Å². The Morgan fingerprint density at radius 2 is 1.04 bits per heavy atom. The van der Waals surface area contributed by atoms with E-state index in [9.17, 15) is 0 Å². The number of hydrogen-bond acceptors (Lipinski definition) is 2. The Hall–Kier alpha value is -7.62. The van der Waals surface area contributed by atoms with Gasteiger partial charge in [0.15, 0.2) is 0 Å². The maximum absolute atomic E-state index is 6.76. The molecule has 0 aliphatic carbocycles. The number of benzene rings is 10. The molecule has 2 heterocycles. The van der Waals surface area contributed by atoms with Crippen LogP contribution in [-0.4, -0.2) is 4.57 Å². The molecule has 0 fully saturated rings. The maximum Gasteiger partial charge on any atom is 0.138 e. The highest BCUT2D eigenvalue weighted by atomic mass is 16.3. The Labute approximate surface area is 328 Å². The highest BCUT2D eigenvalue weighted by molar-refractivity contribution is 6.28. The molecule has 12 rings (SSSR count). The lowest BCUT2D eigenvalue weighted by molar-refractivity contribution is 0.669. The molecule has 3 nitrogen and oxygen atoms in total. The Balaban J connectivity index is 1.30. The molecule has 0 amide bonds. The summed E-state index contributed by atoms with van der Waals surface area (Å²) in [5.41, 5.74) is 10.7. The Kier molecular flexibility index (Phi) is 6.93. The van der Waals surface area contributed by atoms with E-state index in [2.05, 4.69) is 216 Å². The lowest BCUT2D eigenvalue weighted by Crippen LogP contribution is -2.12. The van der Waals surface area contributed by atoms with E-state index in [1.54, 1.807) is 0 Å². The van der Waals surface area contributed by atoms with Crippen LogP contribution in [0.4, 0.5) is 17.1 Å². The number of aromatic nitrogens is 1. The van der Waals surface area contributed by atoms with Crippen molar-refractivity contribution in [3.63, 3.8) is 0 Å². The van der Waals surface area contributed by atoms with Gasteiger partial charge in [-0.25, -0.2) is 0 Å². The molecule has 57 heavy (non-hydrogen) atoms. The quantitative estimate of drug-likeness (QED) is 0.165. The number of rotatable bonds is 5. The van der Waals surface area contributed by atoms with Gasteiger partial charge in [-0.15, -0.1) is 0 Å². The minimum absolute atomic E-state index is 0.870. The van der Waals surface area contributed by atoms with Crippen LogP contribution in [0.1, 0.15) is 0 Å². The normalized spacial score (nSPS) is 11.9. The average Bonchev–Trinajstić information content (AvgIpc) is 3.82. The van der Waals surface area contributed by atoms with E-state index in [0.29, 0.717) is 0 Å². The summed E-state index contributed by atoms with van der Waals surface area (Å²) in [6.45, 7) is 0. The van der Waals surface area contributed by atoms with Gasteiger partial charge in [-0.2, -0.15) is 0 Å². The predicted molar refractivity (Wildman–Crippen MR) is 241 cm³/mol. The first-order valence-electron chi connectivity index (χ1n) is 19.5. The van der Waals surface area contributed by atoms with Crippen molar-refractivity contribution >= 4 is 93.1 Å². The highest BCUT2D eigenvalue weighted by Gasteiger charge is 2.27. The van der Waals surface area contributed by atoms with Gasteiger partial charge in [0.1, 0.15) is 11.2 Å². The summed E-state index contributed by atoms with van der Waals surface area (Å²) < 4.78 is 9.24. The number of furan rings is 1. The number of para-hydroxylation sites is 3. The standard InChI is InChI=1S/C54H34N2O/c1-3-17-36(18-4-1)51-52-45-27-15-28-46(55(39-21-5-2-6-22-39)47-33-38-20-9-10-23-41(38)42-24-11-12-25-43(42)47)54(45)56(40-31-30-35-16-7-8-19-37(35)32-40)48(52)34-50-53(51)44-26-13-14-29-49(44)57-50/h1-34H. The third kappa shape index (κ3) is 4.79. The van der Waals surface area contributed by atoms with Crippen LogP contribution in [-0.2, 0) is 0 Å². The van der Waals surface area contributed by atoms with Gasteiger partial charge in [-0.1, -0.05) is 158 Å². The zero-order valence-electron chi connectivity index (χ0n) is 30.9. The summed E-state index contributed by atoms with van der Waals surface area (Å²) in [6, 6.07) is 74.5. The molecule has 0 saturated carbocycles. The zero-order chi connectivity index (χ0) is 37.5. The van der Waals surface area contributed by atoms with E-state index in [-0.39, 0.29) is 0 Å². The van der Waals surface area contributed by atoms with Crippen molar-refractivity contribution in [1.82, 2.24) is 4.57 Å². The molecule has 0 aliphatic rings. The molecular formula is C54H34N2O. The molecule has 0 unspecified atom stereocenters. The molecule has 0 aliphatic heterocycles. The lowest BCUT2D eigenvalue weighted by atomic mass is 9.94. The minimum Gasteiger partial charge on any atom is -0.456 e. The SMILES string of the molecule is c1ccc(-c2c3c(cc4c2c2cccc(N(c5ccccc5)c5cc6ccccc6c6ccccc56)c2n4-c2ccc4ccccc4c2)oc2ccccc23)cc1. The lowest BCUT2D eigenvalue weighted by Gasteiger charge is -2.29. The van der Waals surface area contributed by atoms with Crippen LogP contribution in [0, 0.1) is 0 Å². The number of nitrogens with zero attached hydrogens (tertiary/aromatic N) is 2. The van der Waals surface area contributed by atoms with Gasteiger partial charge in [0.25, 0.3) is 0 Å². The summed E-state index contributed by atoms with van der Waals surface area (Å²) in [4.78, 5) is 2.47. The van der Waals surface area contributed by atoms with Gasteiger partial charge >= 0.3 is 0 Å². The second-order valence-corrected chi connectivity index (χ2v) is 14.9. The first kappa shape index (κ1) is 31.7. The number of hydrogen-bond donors (Lipinski definition) is 0. The van der Waals surface area contributed by atoms with Gasteiger partial charge in [0.05, 0.1) is 22.4 Å². The molecule has 12 aromatic rings. The van der Waals surface area contributed by atoms with E-state index < -0.39 is 0 Å². The fourth-order valence-electron chi connectivity index (χ4n) is 9.27. The van der Waals surface area contributed by atoms with Gasteiger partial charge in [-0.3, -0.25) is 0 Å². The van der Waals surface area contributed by atoms with Crippen molar-refractivity contribution in [1.29, 1.82) is 0 Å². The molecule has 10 aromatic carbocycles. The summed E-state index contributed by atoms with van der Waals surface area (Å²) in [5.74, 6) is 0. The van der Waals surface area contributed by atoms with Crippen LogP contribution >= 0.6 is 0 Å². The smallest absolute Gasteiger partial charge is 0.138 e. The highest BCUT2D eigenvalue weighted by Crippen LogP contribution is 2.50. The first-order valence-corrected chi connectivity index (χ1v) is 19.5. The molecule has 0 N–H and O–H groups in total. The number of fused-ring (bicyclic) bond motifs is 10. The fraction of sp³-hybridized carbons (Fsp3) is 0. The average molecular weight is 727 g/mol. The Morgan fingerprint density at radius 3 is 1.86 bits per heavy atom. The van der Waals surface area contributed by atoms with Crippen molar-refractivity contribution in [2.24, 2.45) is 0 Å². The van der Waals surface area contributed by atoms with Crippen LogP contribution in [0.2, 0.25) is 0 Å². The molecule has 0 atom stereocenters. The van der Waals surface area contributed by atoms with Crippen molar-refractivity contribution in [3.8, 4) is 16.8 Å². The van der Waals surface area contributed by atoms with E-state index in [0.717, 1.165) is 61.3 Å². The molecule has 0 spiro atoms. The van der Waals surface area contributed by atoms with Crippen molar-refractivity contribution < 1.29 is 4.42 Å². The minimum atomic E-state index is 0.870. The van der Waals surface area contributed by atoms with Crippen LogP contribution in [0.25, 0.3) is 92.9 Å². The van der Waals surface area contributed by atoms with Crippen LogP contribution in [0.3, 0.4) is 0 Å². The van der Waals surface area contributed by atoms with Crippen molar-refractivity contribution in [3.05, 3.63) is 206 Å². The Morgan fingerprint density at radius 1 is 0.386 bits per heavy atom. The van der Waals surface area contributed by atoms with E-state index in [1.807, 2.05) is 0 Å². The summed E-state index contributed by atoms with van der Waals surface area (Å²) in [5, 5.41) is 11.9. The molecule has 266 valence electrons. The molecule has 0 radical (unpaired) electrons. The predicted octanol–water partition coefficient (Wildman–Crippen LogP) is 15.3. The van der Waals surface area contributed by atoms with E-state index in [1.165, 1.54) is 48.7 Å². The summed E-state index contributed by atoms with van der Waals surface area (Å²) >= 11 is 0. The molecule has 2 aromatic heterocycles. The monoisotopic (exact) mass is 726 g/mol. The Bertz CT molecular complexity index is 3520. The second kappa shape index (κ2) is 12.5. The topological polar surface area (TPSA) is 21.3 Å². The third-order valence-electron chi connectivity index (χ3n) is 11.7. The van der Waals surface area contributed by atoms with Crippen molar-refractivity contribution in [2.75, 3.05) is 4.90 Å². The fourth-order valence-corrected chi connectivity index (χ4v) is 9.27. The van der Waals surface area contributed by atoms with Crippen LogP contribution < -0.4 is 4.90 Å². The van der Waals surface area contributed by atoms with Crippen LogP contribution in [0.15, 0.2) is 211 Å². The number of anilines is 3. The van der Waals surface area contributed by atoms with E-state index >= 15 is 0 Å². The summed E-state index contributed by atoms with van der Waals surface area (Å²) in [6.07, 6.45) is 0. The van der Waals surface area contributed by atoms with Gasteiger partial charge in [0, 0.05) is 49.9 Å². The third-order valence-corrected chi connectivity index (χ3v) is 11.7. The largest absolute Gasteiger partial charge is 0.456 e. The van der Waals surface area contributed by atoms with Crippen molar-refractivity contribution in [2.45, 2.75) is 0 Å². The van der Waals surface area contributed by atoms with Gasteiger partial charge in [0.2, 0.25) is 0 Å². The van der Waals surface area contributed by atoms with E-state index in [4.69, 9.17) is 4.42 Å². The maximum atomic E-state index is 6.76. The zero-order valence-corrected chi connectivity index (χ0v) is 30.9. The van der Waals surface area contributed by atoms with Crippen LogP contribution in [0.5, 0.6) is 0 Å². The van der Waals surface area contributed by atoms with Gasteiger partial charge < -0.3 is 13.9 Å². The first-order chi connectivity index (χ1) is 28.3. The second-order valence-electron chi connectivity index (χ2n) is 14.9. The molecule has 0 saturated heterocycles. The summed E-state index contributed by atoms with van der Waals surface area (Å²) in [7, 11) is 0. The molecular weight excluding hydrogens is 693 g/mol. The molecule has 3 heteroatoms. The molecule has 0 bridgehead atoms.